The maximum atomic E-state index is 5.30. The number of epoxide rings is 1. The molecule has 1 saturated heterocycles. The SMILES string of the molecule is CC.CC(C)(C)C(C)(C)C1CO1. The van der Waals surface area contributed by atoms with Crippen LogP contribution in [0.25, 0.3) is 0 Å². The van der Waals surface area contributed by atoms with Crippen molar-refractivity contribution in [1.82, 2.24) is 0 Å². The van der Waals surface area contributed by atoms with Crippen molar-refractivity contribution in [3.8, 4) is 0 Å². The molecule has 0 aromatic rings. The molecular weight excluding hydrogens is 148 g/mol. The van der Waals surface area contributed by atoms with Gasteiger partial charge in [0.15, 0.2) is 0 Å². The average Bonchev–Trinajstić information content (AvgIpc) is 2.70. The van der Waals surface area contributed by atoms with E-state index in [1.54, 1.807) is 0 Å². The van der Waals surface area contributed by atoms with E-state index in [4.69, 9.17) is 4.74 Å². The van der Waals surface area contributed by atoms with Crippen molar-refractivity contribution in [2.24, 2.45) is 10.8 Å². The van der Waals surface area contributed by atoms with Gasteiger partial charge in [-0.3, -0.25) is 0 Å². The molecule has 0 N–H and O–H groups in total. The fourth-order valence-electron chi connectivity index (χ4n) is 0.948. The molecule has 1 unspecified atom stereocenters. The van der Waals surface area contributed by atoms with Crippen molar-refractivity contribution >= 4 is 0 Å². The molecule has 12 heavy (non-hydrogen) atoms. The number of rotatable bonds is 1. The van der Waals surface area contributed by atoms with Crippen LogP contribution < -0.4 is 0 Å². The summed E-state index contributed by atoms with van der Waals surface area (Å²) in [5, 5.41) is 0. The van der Waals surface area contributed by atoms with Crippen LogP contribution in [0.4, 0.5) is 0 Å². The predicted octanol–water partition coefficient (Wildman–Crippen LogP) is 3.48. The summed E-state index contributed by atoms with van der Waals surface area (Å²) < 4.78 is 5.30. The van der Waals surface area contributed by atoms with E-state index in [2.05, 4.69) is 34.6 Å². The number of hydrogen-bond donors (Lipinski definition) is 0. The van der Waals surface area contributed by atoms with E-state index in [0.717, 1.165) is 6.61 Å². The molecule has 1 nitrogen and oxygen atoms in total. The van der Waals surface area contributed by atoms with E-state index in [1.807, 2.05) is 13.8 Å². The molecule has 1 aliphatic rings. The van der Waals surface area contributed by atoms with Crippen LogP contribution >= 0.6 is 0 Å². The Hall–Kier alpha value is -0.0400. The fraction of sp³-hybridized carbons (Fsp3) is 1.00. The minimum absolute atomic E-state index is 0.326. The van der Waals surface area contributed by atoms with E-state index < -0.39 is 0 Å². The lowest BCUT2D eigenvalue weighted by Crippen LogP contribution is -2.34. The third-order valence-electron chi connectivity index (χ3n) is 3.07. The Morgan fingerprint density at radius 2 is 1.33 bits per heavy atom. The van der Waals surface area contributed by atoms with Gasteiger partial charge in [-0.15, -0.1) is 0 Å². The van der Waals surface area contributed by atoms with E-state index in [0.29, 0.717) is 16.9 Å². The first kappa shape index (κ1) is 12.0. The Kier molecular flexibility index (Phi) is 3.77. The Labute approximate surface area is 77.5 Å². The molecule has 74 valence electrons. The molecular formula is C11H24O. The van der Waals surface area contributed by atoms with Crippen molar-refractivity contribution in [1.29, 1.82) is 0 Å². The van der Waals surface area contributed by atoms with Gasteiger partial charge in [-0.1, -0.05) is 48.5 Å². The largest absolute Gasteiger partial charge is 0.373 e. The van der Waals surface area contributed by atoms with Gasteiger partial charge in [-0.25, -0.2) is 0 Å². The molecule has 1 heteroatoms. The van der Waals surface area contributed by atoms with Crippen molar-refractivity contribution in [2.75, 3.05) is 6.61 Å². The quantitative estimate of drug-likeness (QED) is 0.552. The smallest absolute Gasteiger partial charge is 0.0865 e. The van der Waals surface area contributed by atoms with Gasteiger partial charge in [-0.05, 0) is 10.8 Å². The van der Waals surface area contributed by atoms with Crippen molar-refractivity contribution in [3.63, 3.8) is 0 Å². The number of ether oxygens (including phenoxy) is 1. The van der Waals surface area contributed by atoms with Crippen LogP contribution in [-0.4, -0.2) is 12.7 Å². The lowest BCUT2D eigenvalue weighted by Gasteiger charge is -2.37. The molecule has 1 aliphatic heterocycles. The molecule has 0 saturated carbocycles. The first-order valence-corrected chi connectivity index (χ1v) is 4.97. The van der Waals surface area contributed by atoms with Gasteiger partial charge in [0, 0.05) is 0 Å². The molecule has 1 fully saturated rings. The fourth-order valence-corrected chi connectivity index (χ4v) is 0.948. The Morgan fingerprint density at radius 1 is 1.00 bits per heavy atom. The summed E-state index contributed by atoms with van der Waals surface area (Å²) in [5.74, 6) is 0. The molecule has 0 amide bonds. The molecule has 1 heterocycles. The van der Waals surface area contributed by atoms with Crippen molar-refractivity contribution in [3.05, 3.63) is 0 Å². The van der Waals surface area contributed by atoms with Crippen LogP contribution in [0.3, 0.4) is 0 Å². The Morgan fingerprint density at radius 3 is 1.42 bits per heavy atom. The zero-order chi connectivity index (χ0) is 9.99. The van der Waals surface area contributed by atoms with Crippen LogP contribution in [0.1, 0.15) is 48.5 Å². The predicted molar refractivity (Wildman–Crippen MR) is 54.3 cm³/mol. The topological polar surface area (TPSA) is 12.5 Å². The van der Waals surface area contributed by atoms with E-state index >= 15 is 0 Å². The summed E-state index contributed by atoms with van der Waals surface area (Å²) >= 11 is 0. The Balaban J connectivity index is 0.000000561. The zero-order valence-corrected chi connectivity index (χ0v) is 9.69. The lowest BCUT2D eigenvalue weighted by atomic mass is 9.67. The molecule has 0 aromatic carbocycles. The molecule has 0 aromatic heterocycles. The van der Waals surface area contributed by atoms with Crippen LogP contribution in [0, 0.1) is 10.8 Å². The van der Waals surface area contributed by atoms with Gasteiger partial charge in [0.25, 0.3) is 0 Å². The van der Waals surface area contributed by atoms with Gasteiger partial charge < -0.3 is 4.74 Å². The standard InChI is InChI=1S/C9H18O.C2H6/c1-8(2,3)9(4,5)7-6-10-7;1-2/h7H,6H2,1-5H3;1-2H3. The third kappa shape index (κ3) is 2.48. The average molecular weight is 172 g/mol. The summed E-state index contributed by atoms with van der Waals surface area (Å²) in [6.07, 6.45) is 0.507. The van der Waals surface area contributed by atoms with Gasteiger partial charge in [0.2, 0.25) is 0 Å². The maximum Gasteiger partial charge on any atom is 0.0865 e. The third-order valence-corrected chi connectivity index (χ3v) is 3.07. The first-order chi connectivity index (χ1) is 5.36. The molecule has 0 spiro atoms. The van der Waals surface area contributed by atoms with Gasteiger partial charge in [-0.2, -0.15) is 0 Å². The highest BCUT2D eigenvalue weighted by Gasteiger charge is 2.46. The second kappa shape index (κ2) is 3.78. The summed E-state index contributed by atoms with van der Waals surface area (Å²) in [7, 11) is 0. The van der Waals surface area contributed by atoms with E-state index in [1.165, 1.54) is 0 Å². The van der Waals surface area contributed by atoms with Crippen LogP contribution in [-0.2, 0) is 4.74 Å². The second-order valence-electron chi connectivity index (χ2n) is 4.79. The van der Waals surface area contributed by atoms with Crippen molar-refractivity contribution < 1.29 is 4.74 Å². The molecule has 1 atom stereocenters. The van der Waals surface area contributed by atoms with Crippen LogP contribution in [0.5, 0.6) is 0 Å². The highest BCUT2D eigenvalue weighted by Crippen LogP contribution is 2.46. The highest BCUT2D eigenvalue weighted by atomic mass is 16.6. The van der Waals surface area contributed by atoms with Gasteiger partial charge >= 0.3 is 0 Å². The molecule has 0 aliphatic carbocycles. The minimum Gasteiger partial charge on any atom is -0.373 e. The molecule has 0 bridgehead atoms. The second-order valence-corrected chi connectivity index (χ2v) is 4.79. The summed E-state index contributed by atoms with van der Waals surface area (Å²) in [6, 6.07) is 0. The number of hydrogen-bond acceptors (Lipinski definition) is 1. The van der Waals surface area contributed by atoms with E-state index in [-0.39, 0.29) is 0 Å². The van der Waals surface area contributed by atoms with Crippen LogP contribution in [0.2, 0.25) is 0 Å². The molecule has 1 rings (SSSR count). The van der Waals surface area contributed by atoms with Crippen molar-refractivity contribution in [2.45, 2.75) is 54.6 Å². The summed E-state index contributed by atoms with van der Waals surface area (Å²) in [4.78, 5) is 0. The lowest BCUT2D eigenvalue weighted by molar-refractivity contribution is 0.0894. The van der Waals surface area contributed by atoms with Crippen LogP contribution in [0.15, 0.2) is 0 Å². The maximum absolute atomic E-state index is 5.30. The van der Waals surface area contributed by atoms with E-state index in [9.17, 15) is 0 Å². The molecule has 0 radical (unpaired) electrons. The monoisotopic (exact) mass is 172 g/mol. The minimum atomic E-state index is 0.326. The first-order valence-electron chi connectivity index (χ1n) is 4.97. The zero-order valence-electron chi connectivity index (χ0n) is 9.69. The van der Waals surface area contributed by atoms with Gasteiger partial charge in [0.05, 0.1) is 12.7 Å². The summed E-state index contributed by atoms with van der Waals surface area (Å²) in [5.41, 5.74) is 0.682. The normalized spacial score (nSPS) is 22.8. The van der Waals surface area contributed by atoms with Gasteiger partial charge in [0.1, 0.15) is 0 Å². The highest BCUT2D eigenvalue weighted by molar-refractivity contribution is 4.94. The Bertz CT molecular complexity index is 126. The summed E-state index contributed by atoms with van der Waals surface area (Å²) in [6.45, 7) is 16.3.